The lowest BCUT2D eigenvalue weighted by atomic mass is 10.0. The topological polar surface area (TPSA) is 129 Å². The van der Waals surface area contributed by atoms with Crippen molar-refractivity contribution in [2.75, 3.05) is 46.9 Å². The highest BCUT2D eigenvalue weighted by atomic mass is 16.6. The van der Waals surface area contributed by atoms with Crippen LogP contribution >= 0.6 is 0 Å². The maximum absolute atomic E-state index is 13.6. The van der Waals surface area contributed by atoms with E-state index in [-0.39, 0.29) is 74.0 Å². The molecule has 0 saturated carbocycles. The molecule has 436 valence electrons. The first-order valence-corrected chi connectivity index (χ1v) is 31.6. The molecule has 0 rings (SSSR count). The van der Waals surface area contributed by atoms with E-state index in [0.29, 0.717) is 45.2 Å². The van der Waals surface area contributed by atoms with E-state index in [4.69, 9.17) is 18.9 Å². The summed E-state index contributed by atoms with van der Waals surface area (Å²) in [6.45, 7) is 13.0. The summed E-state index contributed by atoms with van der Waals surface area (Å²) in [6.07, 6.45) is 42.2. The van der Waals surface area contributed by atoms with Crippen molar-refractivity contribution in [2.45, 2.75) is 323 Å². The van der Waals surface area contributed by atoms with Gasteiger partial charge in [0.05, 0.1) is 13.2 Å². The van der Waals surface area contributed by atoms with Crippen LogP contribution in [-0.2, 0) is 42.9 Å². The summed E-state index contributed by atoms with van der Waals surface area (Å²) in [5.41, 5.74) is 0. The van der Waals surface area contributed by atoms with Crippen molar-refractivity contribution in [2.24, 2.45) is 5.92 Å². The molecule has 0 spiro atoms. The summed E-state index contributed by atoms with van der Waals surface area (Å²) in [5.74, 6) is -1.05. The number of unbranched alkanes of at least 4 members (excludes halogenated alkanes) is 26. The van der Waals surface area contributed by atoms with Gasteiger partial charge in [0.1, 0.15) is 12.2 Å². The van der Waals surface area contributed by atoms with E-state index in [1.165, 1.54) is 109 Å². The lowest BCUT2D eigenvalue weighted by Crippen LogP contribution is -2.40. The largest absolute Gasteiger partial charge is 0.465 e. The molecule has 2 unspecified atom stereocenters. The highest BCUT2D eigenvalue weighted by Gasteiger charge is 2.23. The van der Waals surface area contributed by atoms with Crippen molar-refractivity contribution in [3.8, 4) is 0 Å². The number of rotatable bonds is 56. The van der Waals surface area contributed by atoms with Gasteiger partial charge in [0.2, 0.25) is 5.91 Å². The SMILES string of the molecule is CCCCCCCCC(CCCCCC)OC(=O)CCCCCCC(=O)OCC(COC(=O)CCCCCCC(=O)OC(CCCCCC)CCCCCCCC)CN(CCCN(C)C)C(=O)CCCCCCC. The lowest BCUT2D eigenvalue weighted by molar-refractivity contribution is -0.151. The number of carbonyl (C=O) groups excluding carboxylic acids is 5. The molecule has 0 aliphatic carbocycles. The molecule has 0 aliphatic rings. The van der Waals surface area contributed by atoms with Crippen LogP contribution in [0.3, 0.4) is 0 Å². The predicted octanol–water partition coefficient (Wildman–Crippen LogP) is 16.8. The quantitative estimate of drug-likeness (QED) is 0.0330. The normalized spacial score (nSPS) is 12.6. The van der Waals surface area contributed by atoms with E-state index in [0.717, 1.165) is 129 Å². The summed E-state index contributed by atoms with van der Waals surface area (Å²) in [4.78, 5) is 69.5. The molecule has 0 aromatic heterocycles. The molecule has 0 radical (unpaired) electrons. The van der Waals surface area contributed by atoms with Gasteiger partial charge in [-0.05, 0) is 111 Å². The van der Waals surface area contributed by atoms with Gasteiger partial charge in [-0.25, -0.2) is 0 Å². The van der Waals surface area contributed by atoms with Crippen LogP contribution in [-0.4, -0.2) is 98.7 Å². The number of carbonyl (C=O) groups is 5. The first-order valence-electron chi connectivity index (χ1n) is 31.6. The third-order valence-electron chi connectivity index (χ3n) is 14.5. The number of hydrogen-bond donors (Lipinski definition) is 0. The second kappa shape index (κ2) is 53.7. The van der Waals surface area contributed by atoms with Gasteiger partial charge < -0.3 is 28.7 Å². The summed E-state index contributed by atoms with van der Waals surface area (Å²) < 4.78 is 23.6. The molecule has 2 atom stereocenters. The molecule has 0 aliphatic heterocycles. The average molecular weight is 1050 g/mol. The molecule has 74 heavy (non-hydrogen) atoms. The monoisotopic (exact) mass is 1050 g/mol. The van der Waals surface area contributed by atoms with Gasteiger partial charge >= 0.3 is 23.9 Å². The molecule has 11 heteroatoms. The number of nitrogens with zero attached hydrogens (tertiary/aromatic N) is 2. The van der Waals surface area contributed by atoms with Crippen molar-refractivity contribution in [1.29, 1.82) is 0 Å². The van der Waals surface area contributed by atoms with Crippen molar-refractivity contribution < 1.29 is 42.9 Å². The minimum atomic E-state index is -0.351. The molecule has 0 heterocycles. The van der Waals surface area contributed by atoms with Crippen molar-refractivity contribution in [1.82, 2.24) is 9.80 Å². The Morgan fingerprint density at radius 2 is 0.635 bits per heavy atom. The smallest absolute Gasteiger partial charge is 0.306 e. The van der Waals surface area contributed by atoms with Gasteiger partial charge in [-0.3, -0.25) is 24.0 Å². The van der Waals surface area contributed by atoms with Gasteiger partial charge in [0.25, 0.3) is 0 Å². The Hall–Kier alpha value is -2.69. The minimum absolute atomic E-state index is 0.0221. The Bertz CT molecular complexity index is 1240. The zero-order chi connectivity index (χ0) is 54.5. The van der Waals surface area contributed by atoms with E-state index in [2.05, 4.69) is 39.5 Å². The molecular weight excluding hydrogens is 929 g/mol. The van der Waals surface area contributed by atoms with Crippen molar-refractivity contribution in [3.63, 3.8) is 0 Å². The third-order valence-corrected chi connectivity index (χ3v) is 14.5. The molecule has 11 nitrogen and oxygen atoms in total. The minimum Gasteiger partial charge on any atom is -0.465 e. The second-order valence-corrected chi connectivity index (χ2v) is 22.3. The van der Waals surface area contributed by atoms with Crippen LogP contribution in [0.4, 0.5) is 0 Å². The van der Waals surface area contributed by atoms with Crippen LogP contribution in [0.2, 0.25) is 0 Å². The fourth-order valence-corrected chi connectivity index (χ4v) is 9.67. The lowest BCUT2D eigenvalue weighted by Gasteiger charge is -2.28. The summed E-state index contributed by atoms with van der Waals surface area (Å²) >= 11 is 0. The summed E-state index contributed by atoms with van der Waals surface area (Å²) in [7, 11) is 4.05. The third kappa shape index (κ3) is 47.7. The molecular formula is C63H120N2O9. The molecule has 0 saturated heterocycles. The number of esters is 4. The van der Waals surface area contributed by atoms with Crippen LogP contribution in [0.5, 0.6) is 0 Å². The number of hydrogen-bond acceptors (Lipinski definition) is 10. The zero-order valence-corrected chi connectivity index (χ0v) is 49.7. The van der Waals surface area contributed by atoms with Crippen LogP contribution in [0.15, 0.2) is 0 Å². The molecule has 0 N–H and O–H groups in total. The van der Waals surface area contributed by atoms with E-state index >= 15 is 0 Å². The molecule has 1 amide bonds. The van der Waals surface area contributed by atoms with Crippen molar-refractivity contribution >= 4 is 29.8 Å². The fraction of sp³-hybridized carbons (Fsp3) is 0.921. The first-order chi connectivity index (χ1) is 36.0. The second-order valence-electron chi connectivity index (χ2n) is 22.3. The Morgan fingerprint density at radius 3 is 0.986 bits per heavy atom. The Balaban J connectivity index is 5.19. The highest BCUT2D eigenvalue weighted by Crippen LogP contribution is 2.21. The maximum atomic E-state index is 13.6. The first kappa shape index (κ1) is 71.3. The Morgan fingerprint density at radius 1 is 0.338 bits per heavy atom. The van der Waals surface area contributed by atoms with E-state index in [9.17, 15) is 24.0 Å². The summed E-state index contributed by atoms with van der Waals surface area (Å²) in [6, 6.07) is 0. The fourth-order valence-electron chi connectivity index (χ4n) is 9.67. The standard InChI is InChI=1S/C63H120N2O9/c1-8-13-18-23-26-34-44-57(42-32-21-16-11-4)73-62(69)49-39-30-28-37-47-60(67)71-54-56(53-65(52-41-51-64(6)7)59(66)46-36-25-20-15-10-3)55-72-61(68)48-38-29-31-40-50-63(70)74-58(43-33-22-17-12-5)45-35-27-24-19-14-9-2/h56-58H,8-55H2,1-7H3. The molecule has 0 fully saturated rings. The van der Waals surface area contributed by atoms with Gasteiger partial charge in [-0.1, -0.05) is 189 Å². The van der Waals surface area contributed by atoms with Gasteiger partial charge in [0.15, 0.2) is 0 Å². The Labute approximate surface area is 456 Å². The van der Waals surface area contributed by atoms with Crippen LogP contribution in [0.25, 0.3) is 0 Å². The number of amides is 1. The van der Waals surface area contributed by atoms with E-state index in [1.807, 2.05) is 19.0 Å². The van der Waals surface area contributed by atoms with Gasteiger partial charge in [-0.15, -0.1) is 0 Å². The molecule has 0 bridgehead atoms. The average Bonchev–Trinajstić information content (AvgIpc) is 3.38. The van der Waals surface area contributed by atoms with E-state index in [1.54, 1.807) is 0 Å². The van der Waals surface area contributed by atoms with Crippen LogP contribution < -0.4 is 0 Å². The van der Waals surface area contributed by atoms with E-state index < -0.39 is 0 Å². The zero-order valence-electron chi connectivity index (χ0n) is 49.7. The van der Waals surface area contributed by atoms with Crippen LogP contribution in [0.1, 0.15) is 311 Å². The van der Waals surface area contributed by atoms with Gasteiger partial charge in [-0.2, -0.15) is 0 Å². The highest BCUT2D eigenvalue weighted by molar-refractivity contribution is 5.76. The molecule has 0 aromatic rings. The maximum Gasteiger partial charge on any atom is 0.306 e. The van der Waals surface area contributed by atoms with Crippen molar-refractivity contribution in [3.05, 3.63) is 0 Å². The van der Waals surface area contributed by atoms with Crippen LogP contribution in [0, 0.1) is 5.92 Å². The van der Waals surface area contributed by atoms with Gasteiger partial charge in [0, 0.05) is 51.1 Å². The molecule has 0 aromatic carbocycles. The summed E-state index contributed by atoms with van der Waals surface area (Å²) in [5, 5.41) is 0. The predicted molar refractivity (Wildman–Crippen MR) is 307 cm³/mol. The Kier molecular flexibility index (Phi) is 51.7. The number of ether oxygens (including phenoxy) is 4.